The molecule has 0 aliphatic rings. The van der Waals surface area contributed by atoms with Crippen LogP contribution < -0.4 is 0 Å². The van der Waals surface area contributed by atoms with E-state index in [0.29, 0.717) is 15.8 Å². The van der Waals surface area contributed by atoms with Gasteiger partial charge in [0, 0.05) is 16.1 Å². The summed E-state index contributed by atoms with van der Waals surface area (Å²) in [6, 6.07) is 23.1. The van der Waals surface area contributed by atoms with Crippen molar-refractivity contribution in [2.24, 2.45) is 0 Å². The van der Waals surface area contributed by atoms with Crippen molar-refractivity contribution in [1.29, 1.82) is 0 Å². The maximum absolute atomic E-state index is 6.37. The number of rotatable bonds is 3. The second-order valence-electron chi connectivity index (χ2n) is 6.33. The molecule has 0 unspecified atom stereocenters. The summed E-state index contributed by atoms with van der Waals surface area (Å²) in [5.74, 6) is 0.706. The second kappa shape index (κ2) is 6.82. The van der Waals surface area contributed by atoms with E-state index in [2.05, 4.69) is 16.3 Å². The molecule has 0 radical (unpaired) electrons. The minimum absolute atomic E-state index is 0.639. The number of nitrogens with zero attached hydrogens (tertiary/aromatic N) is 3. The lowest BCUT2D eigenvalue weighted by Gasteiger charge is -2.09. The lowest BCUT2D eigenvalue weighted by atomic mass is 10.0. The van der Waals surface area contributed by atoms with Gasteiger partial charge in [-0.15, -0.1) is 0 Å². The van der Waals surface area contributed by atoms with E-state index >= 15 is 0 Å². The molecule has 5 rings (SSSR count). The summed E-state index contributed by atoms with van der Waals surface area (Å²) in [7, 11) is 0. The van der Waals surface area contributed by atoms with Crippen molar-refractivity contribution >= 4 is 34.1 Å². The van der Waals surface area contributed by atoms with Crippen LogP contribution in [-0.4, -0.2) is 14.9 Å². The monoisotopic (exact) mass is 405 g/mol. The first kappa shape index (κ1) is 17.0. The van der Waals surface area contributed by atoms with Gasteiger partial charge in [-0.25, -0.2) is 4.68 Å². The van der Waals surface area contributed by atoms with Crippen LogP contribution in [0.3, 0.4) is 0 Å². The fraction of sp³-hybridized carbons (Fsp3) is 0. The van der Waals surface area contributed by atoms with Crippen LogP contribution in [0.25, 0.3) is 39.2 Å². The van der Waals surface area contributed by atoms with Gasteiger partial charge < -0.3 is 4.52 Å². The van der Waals surface area contributed by atoms with E-state index in [1.807, 2.05) is 71.4 Å². The van der Waals surface area contributed by atoms with Crippen LogP contribution in [0.2, 0.25) is 10.0 Å². The SMILES string of the molecule is Clc1ccc(-c2onc3ccc(-c4ccnn4-c4ccccc4Cl)cc23)cc1. The normalized spacial score (nSPS) is 11.2. The van der Waals surface area contributed by atoms with E-state index in [0.717, 1.165) is 33.4 Å². The standard InChI is InChI=1S/C22H13Cl2N3O/c23-16-8-5-14(6-9-16)22-17-13-15(7-10-19(17)26-28-22)20-11-12-25-27(20)21-4-2-1-3-18(21)24/h1-13H. The van der Waals surface area contributed by atoms with Crippen LogP contribution in [0.1, 0.15) is 0 Å². The molecule has 3 aromatic carbocycles. The molecule has 28 heavy (non-hydrogen) atoms. The lowest BCUT2D eigenvalue weighted by Crippen LogP contribution is -1.99. The maximum atomic E-state index is 6.37. The van der Waals surface area contributed by atoms with Crippen molar-refractivity contribution in [2.75, 3.05) is 0 Å². The maximum Gasteiger partial charge on any atom is 0.174 e. The zero-order valence-corrected chi connectivity index (χ0v) is 16.0. The van der Waals surface area contributed by atoms with E-state index in [9.17, 15) is 0 Å². The quantitative estimate of drug-likeness (QED) is 0.337. The van der Waals surface area contributed by atoms with Crippen LogP contribution in [0, 0.1) is 0 Å². The molecule has 0 atom stereocenters. The Balaban J connectivity index is 1.66. The minimum Gasteiger partial charge on any atom is -0.355 e. The number of hydrogen-bond acceptors (Lipinski definition) is 3. The van der Waals surface area contributed by atoms with E-state index in [1.54, 1.807) is 6.20 Å². The summed E-state index contributed by atoms with van der Waals surface area (Å²) in [5.41, 5.74) is 4.45. The highest BCUT2D eigenvalue weighted by atomic mass is 35.5. The van der Waals surface area contributed by atoms with Crippen molar-refractivity contribution in [2.45, 2.75) is 0 Å². The number of hydrogen-bond donors (Lipinski definition) is 0. The Bertz CT molecular complexity index is 1290. The topological polar surface area (TPSA) is 43.9 Å². The Morgan fingerprint density at radius 2 is 1.61 bits per heavy atom. The number of fused-ring (bicyclic) bond motifs is 1. The van der Waals surface area contributed by atoms with E-state index in [-0.39, 0.29) is 0 Å². The van der Waals surface area contributed by atoms with Crippen LogP contribution >= 0.6 is 23.2 Å². The average molecular weight is 406 g/mol. The average Bonchev–Trinajstić information content (AvgIpc) is 3.35. The summed E-state index contributed by atoms with van der Waals surface area (Å²) in [6.45, 7) is 0. The van der Waals surface area contributed by atoms with Gasteiger partial charge in [0.1, 0.15) is 5.52 Å². The first-order valence-corrected chi connectivity index (χ1v) is 9.41. The number of benzene rings is 3. The third kappa shape index (κ3) is 2.87. The molecular weight excluding hydrogens is 393 g/mol. The number of aromatic nitrogens is 3. The van der Waals surface area contributed by atoms with Gasteiger partial charge in [0.05, 0.1) is 28.0 Å². The fourth-order valence-electron chi connectivity index (χ4n) is 3.25. The molecule has 2 aromatic heterocycles. The van der Waals surface area contributed by atoms with Crippen molar-refractivity contribution in [3.8, 4) is 28.3 Å². The van der Waals surface area contributed by atoms with Gasteiger partial charge in [-0.3, -0.25) is 0 Å². The van der Waals surface area contributed by atoms with Crippen LogP contribution in [0.4, 0.5) is 0 Å². The van der Waals surface area contributed by atoms with Crippen molar-refractivity contribution < 1.29 is 4.52 Å². The molecule has 0 bridgehead atoms. The fourth-order valence-corrected chi connectivity index (χ4v) is 3.59. The van der Waals surface area contributed by atoms with Gasteiger partial charge in [-0.05, 0) is 54.6 Å². The molecule has 4 nitrogen and oxygen atoms in total. The molecule has 6 heteroatoms. The molecule has 2 heterocycles. The molecule has 0 aliphatic carbocycles. The van der Waals surface area contributed by atoms with Crippen LogP contribution in [-0.2, 0) is 0 Å². The van der Waals surface area contributed by atoms with Gasteiger partial charge in [0.2, 0.25) is 0 Å². The Morgan fingerprint density at radius 3 is 2.43 bits per heavy atom. The van der Waals surface area contributed by atoms with Crippen molar-refractivity contribution in [3.05, 3.63) is 89.0 Å². The highest BCUT2D eigenvalue weighted by Gasteiger charge is 2.15. The molecular formula is C22H13Cl2N3O. The van der Waals surface area contributed by atoms with Gasteiger partial charge in [0.15, 0.2) is 5.76 Å². The van der Waals surface area contributed by atoms with Gasteiger partial charge in [0.25, 0.3) is 0 Å². The summed E-state index contributed by atoms with van der Waals surface area (Å²) >= 11 is 12.4. The molecule has 0 N–H and O–H groups in total. The van der Waals surface area contributed by atoms with Gasteiger partial charge in [-0.2, -0.15) is 5.10 Å². The number of para-hydroxylation sites is 1. The summed E-state index contributed by atoms with van der Waals surface area (Å²) in [4.78, 5) is 0. The molecule has 136 valence electrons. The van der Waals surface area contributed by atoms with Crippen LogP contribution in [0.5, 0.6) is 0 Å². The van der Waals surface area contributed by atoms with Crippen LogP contribution in [0.15, 0.2) is 83.5 Å². The Hall–Kier alpha value is -3.08. The first-order valence-electron chi connectivity index (χ1n) is 8.65. The van der Waals surface area contributed by atoms with Gasteiger partial charge >= 0.3 is 0 Å². The zero-order valence-electron chi connectivity index (χ0n) is 14.5. The Labute approximate surface area is 170 Å². The Morgan fingerprint density at radius 1 is 0.821 bits per heavy atom. The molecule has 5 aromatic rings. The molecule has 0 fully saturated rings. The number of halogens is 2. The smallest absolute Gasteiger partial charge is 0.174 e. The molecule has 0 saturated carbocycles. The van der Waals surface area contributed by atoms with E-state index in [1.165, 1.54) is 0 Å². The van der Waals surface area contributed by atoms with Crippen molar-refractivity contribution in [1.82, 2.24) is 14.9 Å². The molecule has 0 spiro atoms. The Kier molecular flexibility index (Phi) is 4.15. The summed E-state index contributed by atoms with van der Waals surface area (Å²) in [6.07, 6.45) is 1.76. The first-order chi connectivity index (χ1) is 13.7. The van der Waals surface area contributed by atoms with Gasteiger partial charge in [-0.1, -0.05) is 46.6 Å². The largest absolute Gasteiger partial charge is 0.355 e. The lowest BCUT2D eigenvalue weighted by molar-refractivity contribution is 0.441. The second-order valence-corrected chi connectivity index (χ2v) is 7.17. The molecule has 0 amide bonds. The zero-order chi connectivity index (χ0) is 19.1. The minimum atomic E-state index is 0.639. The molecule has 0 aliphatic heterocycles. The predicted molar refractivity (Wildman–Crippen MR) is 112 cm³/mol. The summed E-state index contributed by atoms with van der Waals surface area (Å²) in [5, 5.41) is 10.9. The highest BCUT2D eigenvalue weighted by Crippen LogP contribution is 2.33. The highest BCUT2D eigenvalue weighted by molar-refractivity contribution is 6.32. The molecule has 0 saturated heterocycles. The predicted octanol–water partition coefficient (Wildman–Crippen LogP) is 6.65. The van der Waals surface area contributed by atoms with E-state index < -0.39 is 0 Å². The third-order valence-electron chi connectivity index (χ3n) is 4.60. The third-order valence-corrected chi connectivity index (χ3v) is 5.17. The summed E-state index contributed by atoms with van der Waals surface area (Å²) < 4.78 is 7.44. The van der Waals surface area contributed by atoms with E-state index in [4.69, 9.17) is 27.7 Å². The van der Waals surface area contributed by atoms with Crippen molar-refractivity contribution in [3.63, 3.8) is 0 Å².